The number of pyridine rings is 1. The predicted octanol–water partition coefficient (Wildman–Crippen LogP) is 4.05. The number of nitrogens with zero attached hydrogens (tertiary/aromatic N) is 3. The number of halogens is 1. The first-order valence-electron chi connectivity index (χ1n) is 8.82. The van der Waals surface area contributed by atoms with E-state index in [1.807, 2.05) is 6.07 Å². The monoisotopic (exact) mass is 375 g/mol. The first-order valence-corrected chi connectivity index (χ1v) is 9.20. The number of hydrogen-bond donors (Lipinski definition) is 0. The van der Waals surface area contributed by atoms with E-state index < -0.39 is 11.6 Å². The molecule has 6 nitrogen and oxygen atoms in total. The zero-order valence-corrected chi connectivity index (χ0v) is 15.9. The van der Waals surface area contributed by atoms with Gasteiger partial charge in [0.05, 0.1) is 12.2 Å². The van der Waals surface area contributed by atoms with Gasteiger partial charge in [0.2, 0.25) is 5.88 Å². The van der Waals surface area contributed by atoms with Gasteiger partial charge in [0, 0.05) is 17.7 Å². The molecule has 2 heterocycles. The zero-order valence-electron chi connectivity index (χ0n) is 15.2. The first kappa shape index (κ1) is 17.3. The van der Waals surface area contributed by atoms with Crippen LogP contribution in [0.2, 0.25) is 5.15 Å². The molecule has 138 valence electrons. The summed E-state index contributed by atoms with van der Waals surface area (Å²) in [6, 6.07) is 5.09. The Balaban J connectivity index is 1.44. The smallest absolute Gasteiger partial charge is 0.341 e. The average Bonchev–Trinajstić information content (AvgIpc) is 2.91. The van der Waals surface area contributed by atoms with Crippen molar-refractivity contribution < 1.29 is 14.3 Å². The summed E-state index contributed by atoms with van der Waals surface area (Å²) >= 11 is 6.18. The second-order valence-electron chi connectivity index (χ2n) is 8.38. The van der Waals surface area contributed by atoms with E-state index in [-0.39, 0.29) is 10.7 Å². The van der Waals surface area contributed by atoms with E-state index >= 15 is 0 Å². The minimum atomic E-state index is -0.590. The Kier molecular flexibility index (Phi) is 3.99. The average molecular weight is 376 g/mol. The van der Waals surface area contributed by atoms with E-state index in [9.17, 15) is 4.79 Å². The standard InChI is InChI=1S/C19H22ClN3O3/c1-18(2,3)26-17(24)13-4-5-14(21-16(13)20)23-7-6-15(22-23)25-11-19-8-12(9-19)10-19/h4-7,12H,8-11H2,1-3H3. The predicted molar refractivity (Wildman–Crippen MR) is 96.8 cm³/mol. The second kappa shape index (κ2) is 5.98. The SMILES string of the molecule is CC(C)(C)OC(=O)c1ccc(-n2ccc(OCC34CC(C3)C4)n2)nc1Cl. The molecule has 0 spiro atoms. The Morgan fingerprint density at radius 3 is 2.62 bits per heavy atom. The van der Waals surface area contributed by atoms with Gasteiger partial charge in [0.15, 0.2) is 5.82 Å². The number of esters is 1. The Hall–Kier alpha value is -2.08. The molecule has 3 aliphatic rings. The second-order valence-corrected chi connectivity index (χ2v) is 8.73. The fourth-order valence-electron chi connectivity index (χ4n) is 3.61. The van der Waals surface area contributed by atoms with E-state index in [1.54, 1.807) is 43.8 Å². The highest BCUT2D eigenvalue weighted by Gasteiger charge is 2.56. The molecule has 7 heteroatoms. The van der Waals surface area contributed by atoms with Gasteiger partial charge in [-0.15, -0.1) is 5.10 Å². The molecule has 0 aromatic carbocycles. The van der Waals surface area contributed by atoms with Crippen LogP contribution in [-0.2, 0) is 4.74 Å². The lowest BCUT2D eigenvalue weighted by Crippen LogP contribution is -2.55. The molecule has 0 unspecified atom stereocenters. The van der Waals surface area contributed by atoms with Crippen molar-refractivity contribution in [3.8, 4) is 11.7 Å². The van der Waals surface area contributed by atoms with Gasteiger partial charge >= 0.3 is 5.97 Å². The summed E-state index contributed by atoms with van der Waals surface area (Å²) in [7, 11) is 0. The largest absolute Gasteiger partial charge is 0.476 e. The summed E-state index contributed by atoms with van der Waals surface area (Å²) in [6.45, 7) is 6.14. The molecule has 3 saturated carbocycles. The lowest BCUT2D eigenvalue weighted by atomic mass is 9.45. The summed E-state index contributed by atoms with van der Waals surface area (Å²) in [5, 5.41) is 4.48. The van der Waals surface area contributed by atoms with Gasteiger partial charge in [0.1, 0.15) is 10.8 Å². The molecule has 0 saturated heterocycles. The number of carbonyl (C=O) groups excluding carboxylic acids is 1. The molecule has 2 bridgehead atoms. The van der Waals surface area contributed by atoms with Crippen LogP contribution in [0.5, 0.6) is 5.88 Å². The maximum Gasteiger partial charge on any atom is 0.341 e. The number of hydrogen-bond acceptors (Lipinski definition) is 5. The summed E-state index contributed by atoms with van der Waals surface area (Å²) in [4.78, 5) is 16.4. The lowest BCUT2D eigenvalue weighted by Gasteiger charge is -2.61. The summed E-state index contributed by atoms with van der Waals surface area (Å²) in [6.07, 6.45) is 5.63. The van der Waals surface area contributed by atoms with Crippen LogP contribution in [0.15, 0.2) is 24.4 Å². The van der Waals surface area contributed by atoms with Crippen LogP contribution < -0.4 is 4.74 Å². The van der Waals surface area contributed by atoms with E-state index in [4.69, 9.17) is 21.1 Å². The number of ether oxygens (including phenoxy) is 2. The van der Waals surface area contributed by atoms with Crippen molar-refractivity contribution in [1.29, 1.82) is 0 Å². The van der Waals surface area contributed by atoms with Gasteiger partial charge in [-0.25, -0.2) is 14.5 Å². The Bertz CT molecular complexity index is 839. The van der Waals surface area contributed by atoms with E-state index in [2.05, 4.69) is 10.1 Å². The number of rotatable bonds is 5. The molecule has 2 aromatic heterocycles. The van der Waals surface area contributed by atoms with Crippen LogP contribution in [0.4, 0.5) is 0 Å². The maximum absolute atomic E-state index is 12.2. The highest BCUT2D eigenvalue weighted by Crippen LogP contribution is 2.64. The highest BCUT2D eigenvalue weighted by molar-refractivity contribution is 6.32. The number of carbonyl (C=O) groups is 1. The van der Waals surface area contributed by atoms with Crippen molar-refractivity contribution in [2.24, 2.45) is 11.3 Å². The van der Waals surface area contributed by atoms with Gasteiger partial charge in [-0.1, -0.05) is 11.6 Å². The van der Waals surface area contributed by atoms with Crippen molar-refractivity contribution in [2.75, 3.05) is 6.61 Å². The lowest BCUT2D eigenvalue weighted by molar-refractivity contribution is -0.132. The quantitative estimate of drug-likeness (QED) is 0.582. The molecular formula is C19H22ClN3O3. The molecule has 2 aromatic rings. The zero-order chi connectivity index (χ0) is 18.5. The van der Waals surface area contributed by atoms with Crippen molar-refractivity contribution in [3.63, 3.8) is 0 Å². The molecule has 3 aliphatic carbocycles. The molecule has 5 rings (SSSR count). The third kappa shape index (κ3) is 3.30. The molecule has 26 heavy (non-hydrogen) atoms. The van der Waals surface area contributed by atoms with Crippen LogP contribution in [0.25, 0.3) is 5.82 Å². The molecule has 0 atom stereocenters. The van der Waals surface area contributed by atoms with Crippen LogP contribution in [0.3, 0.4) is 0 Å². The molecule has 0 radical (unpaired) electrons. The van der Waals surface area contributed by atoms with Crippen molar-refractivity contribution in [1.82, 2.24) is 14.8 Å². The molecular weight excluding hydrogens is 354 g/mol. The third-order valence-electron chi connectivity index (χ3n) is 4.94. The molecule has 0 amide bonds. The van der Waals surface area contributed by atoms with Crippen LogP contribution in [0, 0.1) is 11.3 Å². The Morgan fingerprint density at radius 1 is 1.31 bits per heavy atom. The maximum atomic E-state index is 12.2. The van der Waals surface area contributed by atoms with Crippen molar-refractivity contribution >= 4 is 17.6 Å². The molecule has 3 fully saturated rings. The van der Waals surface area contributed by atoms with Gasteiger partial charge < -0.3 is 9.47 Å². The van der Waals surface area contributed by atoms with Crippen LogP contribution >= 0.6 is 11.6 Å². The normalized spacial score (nSPS) is 23.8. The van der Waals surface area contributed by atoms with Gasteiger partial charge in [-0.05, 0) is 58.1 Å². The number of aromatic nitrogens is 3. The Morgan fingerprint density at radius 2 is 2.04 bits per heavy atom. The van der Waals surface area contributed by atoms with Gasteiger partial charge in [0.25, 0.3) is 0 Å². The van der Waals surface area contributed by atoms with Crippen molar-refractivity contribution in [2.45, 2.75) is 45.6 Å². The first-order chi connectivity index (χ1) is 12.2. The van der Waals surface area contributed by atoms with Gasteiger partial charge in [-0.3, -0.25) is 0 Å². The fourth-order valence-corrected chi connectivity index (χ4v) is 3.84. The fraction of sp³-hybridized carbons (Fsp3) is 0.526. The van der Waals surface area contributed by atoms with Crippen molar-refractivity contribution in [3.05, 3.63) is 35.1 Å². The topological polar surface area (TPSA) is 66.2 Å². The van der Waals surface area contributed by atoms with Crippen LogP contribution in [-0.4, -0.2) is 32.9 Å². The Labute approximate surface area is 157 Å². The molecule has 0 N–H and O–H groups in total. The van der Waals surface area contributed by atoms with E-state index in [0.717, 1.165) is 12.5 Å². The molecule has 0 aliphatic heterocycles. The van der Waals surface area contributed by atoms with Gasteiger partial charge in [-0.2, -0.15) is 0 Å². The summed E-state index contributed by atoms with van der Waals surface area (Å²) in [5.41, 5.74) is 0.0521. The van der Waals surface area contributed by atoms with Crippen LogP contribution in [0.1, 0.15) is 50.4 Å². The third-order valence-corrected chi connectivity index (χ3v) is 5.23. The van der Waals surface area contributed by atoms with E-state index in [0.29, 0.717) is 17.1 Å². The summed E-state index contributed by atoms with van der Waals surface area (Å²) in [5.74, 6) is 1.53. The highest BCUT2D eigenvalue weighted by atomic mass is 35.5. The minimum Gasteiger partial charge on any atom is -0.476 e. The van der Waals surface area contributed by atoms with E-state index in [1.165, 1.54) is 19.3 Å². The minimum absolute atomic E-state index is 0.0867. The summed E-state index contributed by atoms with van der Waals surface area (Å²) < 4.78 is 12.8.